The third kappa shape index (κ3) is 2.79. The number of carbonyl (C=O) groups is 1. The zero-order chi connectivity index (χ0) is 14.7. The molecule has 0 bridgehead atoms. The summed E-state index contributed by atoms with van der Waals surface area (Å²) in [5.74, 6) is 0.281. The molecule has 3 rings (SSSR count). The molecule has 2 heteroatoms. The van der Waals surface area contributed by atoms with E-state index in [-0.39, 0.29) is 5.92 Å². The maximum atomic E-state index is 10.7. The van der Waals surface area contributed by atoms with E-state index < -0.39 is 0 Å². The third-order valence-corrected chi connectivity index (χ3v) is 3.76. The first-order valence-electron chi connectivity index (χ1n) is 7.01. The number of anilines is 1. The molecule has 0 spiro atoms. The predicted octanol–water partition coefficient (Wildman–Crippen LogP) is 4.26. The van der Waals surface area contributed by atoms with Crippen LogP contribution in [0, 0.1) is 0 Å². The zero-order valence-corrected chi connectivity index (χ0v) is 11.9. The molecule has 21 heavy (non-hydrogen) atoms. The molecule has 0 radical (unpaired) electrons. The fourth-order valence-electron chi connectivity index (χ4n) is 2.56. The Balaban J connectivity index is 1.85. The van der Waals surface area contributed by atoms with Crippen LogP contribution in [0.5, 0.6) is 0 Å². The Morgan fingerprint density at radius 1 is 1.00 bits per heavy atom. The molecular formula is C19H17NO. The summed E-state index contributed by atoms with van der Waals surface area (Å²) in [5, 5.41) is 0. The van der Waals surface area contributed by atoms with Gasteiger partial charge in [-0.1, -0.05) is 60.7 Å². The first-order valence-corrected chi connectivity index (χ1v) is 7.01. The molecule has 0 fully saturated rings. The van der Waals surface area contributed by atoms with Crippen molar-refractivity contribution >= 4 is 18.0 Å². The molecule has 0 aromatic heterocycles. The average molecular weight is 275 g/mol. The number of para-hydroxylation sites is 1. The second-order valence-electron chi connectivity index (χ2n) is 5.18. The van der Waals surface area contributed by atoms with Gasteiger partial charge in [0, 0.05) is 30.4 Å². The van der Waals surface area contributed by atoms with Crippen LogP contribution in [0.25, 0.3) is 6.08 Å². The third-order valence-electron chi connectivity index (χ3n) is 3.76. The molecule has 1 atom stereocenters. The largest absolute Gasteiger partial charge is 0.351 e. The van der Waals surface area contributed by atoms with E-state index in [4.69, 9.17) is 0 Å². The Bertz CT molecular complexity index is 698. The van der Waals surface area contributed by atoms with E-state index in [0.717, 1.165) is 11.8 Å². The highest BCUT2D eigenvalue weighted by Crippen LogP contribution is 2.33. The van der Waals surface area contributed by atoms with Crippen LogP contribution in [0.3, 0.4) is 0 Å². The molecule has 2 aromatic rings. The lowest BCUT2D eigenvalue weighted by molar-refractivity contribution is 0.112. The van der Waals surface area contributed by atoms with Crippen molar-refractivity contribution in [3.05, 3.63) is 83.6 Å². The number of benzene rings is 2. The highest BCUT2D eigenvalue weighted by molar-refractivity contribution is 5.75. The minimum absolute atomic E-state index is 0.281. The van der Waals surface area contributed by atoms with Gasteiger partial charge in [0.1, 0.15) is 6.29 Å². The molecule has 0 saturated heterocycles. The molecule has 1 aliphatic heterocycles. The summed E-state index contributed by atoms with van der Waals surface area (Å²) in [4.78, 5) is 12.8. The van der Waals surface area contributed by atoms with E-state index in [9.17, 15) is 4.79 Å². The molecule has 1 heterocycles. The van der Waals surface area contributed by atoms with Gasteiger partial charge in [0.2, 0.25) is 0 Å². The van der Waals surface area contributed by atoms with Gasteiger partial charge in [0.15, 0.2) is 0 Å². The number of rotatable bonds is 3. The number of aldehydes is 1. The van der Waals surface area contributed by atoms with Gasteiger partial charge in [0.25, 0.3) is 0 Å². The monoisotopic (exact) mass is 275 g/mol. The molecule has 104 valence electrons. The summed E-state index contributed by atoms with van der Waals surface area (Å²) in [6, 6.07) is 16.0. The Labute approximate surface area is 125 Å². The quantitative estimate of drug-likeness (QED) is 0.780. The minimum atomic E-state index is 0.281. The molecule has 0 N–H and O–H groups in total. The van der Waals surface area contributed by atoms with Crippen molar-refractivity contribution in [1.29, 1.82) is 0 Å². The lowest BCUT2D eigenvalue weighted by Gasteiger charge is -2.26. The molecule has 0 amide bonds. The van der Waals surface area contributed by atoms with Gasteiger partial charge in [0.05, 0.1) is 0 Å². The van der Waals surface area contributed by atoms with Crippen LogP contribution in [-0.2, 0) is 0 Å². The van der Waals surface area contributed by atoms with Crippen molar-refractivity contribution in [3.63, 3.8) is 0 Å². The molecule has 0 aliphatic carbocycles. The van der Waals surface area contributed by atoms with Gasteiger partial charge in [-0.25, -0.2) is 0 Å². The van der Waals surface area contributed by atoms with Gasteiger partial charge in [-0.05, 0) is 17.2 Å². The number of carbonyl (C=O) groups excluding carboxylic acids is 1. The van der Waals surface area contributed by atoms with Gasteiger partial charge in [-0.15, -0.1) is 0 Å². The summed E-state index contributed by atoms with van der Waals surface area (Å²) in [6.07, 6.45) is 9.46. The summed E-state index contributed by atoms with van der Waals surface area (Å²) in [5.41, 5.74) is 4.36. The van der Waals surface area contributed by atoms with Crippen LogP contribution in [0.1, 0.15) is 27.4 Å². The zero-order valence-electron chi connectivity index (χ0n) is 11.9. The molecular weight excluding hydrogens is 258 g/mol. The standard InChI is InChI=1S/C19H17NO/c1-20-13-12-17(18-4-2-3-5-19(18)20)11-10-15-6-8-16(14-21)9-7-15/h2-14,17H,1H3. The minimum Gasteiger partial charge on any atom is -0.351 e. The SMILES string of the molecule is CN1C=CC(C=Cc2ccc(C=O)cc2)c2ccccc21. The van der Waals surface area contributed by atoms with E-state index >= 15 is 0 Å². The second kappa shape index (κ2) is 5.80. The molecule has 2 aromatic carbocycles. The van der Waals surface area contributed by atoms with E-state index in [2.05, 4.69) is 60.6 Å². The predicted molar refractivity (Wildman–Crippen MR) is 87.6 cm³/mol. The number of fused-ring (bicyclic) bond motifs is 1. The Morgan fingerprint density at radius 2 is 1.71 bits per heavy atom. The van der Waals surface area contributed by atoms with Crippen molar-refractivity contribution in [2.45, 2.75) is 5.92 Å². The Morgan fingerprint density at radius 3 is 2.48 bits per heavy atom. The van der Waals surface area contributed by atoms with Crippen LogP contribution in [0.15, 0.2) is 66.9 Å². The van der Waals surface area contributed by atoms with Crippen molar-refractivity contribution in [3.8, 4) is 0 Å². The van der Waals surface area contributed by atoms with E-state index in [1.54, 1.807) is 0 Å². The first-order chi connectivity index (χ1) is 10.3. The maximum Gasteiger partial charge on any atom is 0.150 e. The van der Waals surface area contributed by atoms with Gasteiger partial charge in [-0.3, -0.25) is 4.79 Å². The lowest BCUT2D eigenvalue weighted by Crippen LogP contribution is -2.15. The lowest BCUT2D eigenvalue weighted by atomic mass is 9.93. The van der Waals surface area contributed by atoms with Gasteiger partial charge >= 0.3 is 0 Å². The number of hydrogen-bond donors (Lipinski definition) is 0. The normalized spacial score (nSPS) is 17.0. The van der Waals surface area contributed by atoms with Crippen molar-refractivity contribution < 1.29 is 4.79 Å². The van der Waals surface area contributed by atoms with Crippen molar-refractivity contribution in [2.24, 2.45) is 0 Å². The fraction of sp³-hybridized carbons (Fsp3) is 0.105. The maximum absolute atomic E-state index is 10.7. The van der Waals surface area contributed by atoms with Gasteiger partial charge in [-0.2, -0.15) is 0 Å². The smallest absolute Gasteiger partial charge is 0.150 e. The Hall–Kier alpha value is -2.61. The van der Waals surface area contributed by atoms with Crippen molar-refractivity contribution in [1.82, 2.24) is 0 Å². The fourth-order valence-corrected chi connectivity index (χ4v) is 2.56. The highest BCUT2D eigenvalue weighted by atomic mass is 16.1. The number of hydrogen-bond acceptors (Lipinski definition) is 2. The van der Waals surface area contributed by atoms with Crippen LogP contribution in [-0.4, -0.2) is 13.3 Å². The highest BCUT2D eigenvalue weighted by Gasteiger charge is 2.15. The Kier molecular flexibility index (Phi) is 3.69. The summed E-state index contributed by atoms with van der Waals surface area (Å²) in [6.45, 7) is 0. The first kappa shape index (κ1) is 13.4. The van der Waals surface area contributed by atoms with Gasteiger partial charge < -0.3 is 4.90 Å². The molecule has 2 nitrogen and oxygen atoms in total. The summed E-state index contributed by atoms with van der Waals surface area (Å²) < 4.78 is 0. The van der Waals surface area contributed by atoms with E-state index in [0.29, 0.717) is 5.56 Å². The van der Waals surface area contributed by atoms with E-state index in [1.165, 1.54) is 11.3 Å². The van der Waals surface area contributed by atoms with Crippen LogP contribution < -0.4 is 4.90 Å². The molecule has 1 aliphatic rings. The van der Waals surface area contributed by atoms with Crippen LogP contribution in [0.2, 0.25) is 0 Å². The van der Waals surface area contributed by atoms with E-state index in [1.807, 2.05) is 24.3 Å². The topological polar surface area (TPSA) is 20.3 Å². The summed E-state index contributed by atoms with van der Waals surface area (Å²) >= 11 is 0. The van der Waals surface area contributed by atoms with Crippen LogP contribution in [0.4, 0.5) is 5.69 Å². The number of allylic oxidation sites excluding steroid dienone is 2. The summed E-state index contributed by atoms with van der Waals surface area (Å²) in [7, 11) is 2.06. The second-order valence-corrected chi connectivity index (χ2v) is 5.18. The molecule has 1 unspecified atom stereocenters. The average Bonchev–Trinajstić information content (AvgIpc) is 2.55. The number of nitrogens with zero attached hydrogens (tertiary/aromatic N) is 1. The van der Waals surface area contributed by atoms with Crippen molar-refractivity contribution in [2.75, 3.05) is 11.9 Å². The molecule has 0 saturated carbocycles. The van der Waals surface area contributed by atoms with Crippen LogP contribution >= 0.6 is 0 Å².